The van der Waals surface area contributed by atoms with Gasteiger partial charge >= 0.3 is 0 Å². The molecule has 0 spiro atoms. The van der Waals surface area contributed by atoms with Crippen LogP contribution in [0.3, 0.4) is 0 Å². The SMILES string of the molecule is C=CC(=O)Nc1cc(N(C)CCN(C)C)ccc1-c1n[nH]c2c1CCC(c1c(Cl)c(OC)cc(OC)c1Cl)C2.COc1cc(OC)c(Cl)c(C2CCc3c(-c4ccc(F)cc4[N+](=O)[O-])n[nH]c3C2)c1Cl.COc1cc(OC)c(Cl)c(C2CCc3c(-c4ccc(N(C)CCN(C)C)cc4N)n[nH]c3C2)c1Cl.COc1cc(OC)c(Cl)c(C2CCc3c(-c4ccc(N(C)CCN(C)C)cc4[N+](=O)[O-])n[nH]c3C2)c1Cl. The third-order valence-electron chi connectivity index (χ3n) is 26.5. The summed E-state index contributed by atoms with van der Waals surface area (Å²) in [6.07, 6.45) is 9.82. The van der Waals surface area contributed by atoms with Crippen LogP contribution in [0.4, 0.5) is 44.2 Å². The summed E-state index contributed by atoms with van der Waals surface area (Å²) in [5.41, 5.74) is 27.1. The first-order valence-corrected chi connectivity index (χ1v) is 48.9. The molecule has 8 aromatic carbocycles. The maximum absolute atomic E-state index is 13.5. The summed E-state index contributed by atoms with van der Waals surface area (Å²) < 4.78 is 57.0. The van der Waals surface area contributed by atoms with Crippen molar-refractivity contribution in [2.75, 3.05) is 185 Å². The molecule has 0 radical (unpaired) electrons. The van der Waals surface area contributed by atoms with Crippen LogP contribution in [0.2, 0.25) is 40.2 Å². The highest BCUT2D eigenvalue weighted by Crippen LogP contribution is 2.55. The van der Waals surface area contributed by atoms with Gasteiger partial charge in [-0.3, -0.25) is 45.4 Å². The van der Waals surface area contributed by atoms with Crippen LogP contribution in [0.25, 0.3) is 45.0 Å². The van der Waals surface area contributed by atoms with E-state index in [2.05, 4.69) is 111 Å². The van der Waals surface area contributed by atoms with Crippen LogP contribution >= 0.6 is 92.8 Å². The van der Waals surface area contributed by atoms with Crippen LogP contribution in [0.5, 0.6) is 46.0 Å². The Labute approximate surface area is 865 Å². The van der Waals surface area contributed by atoms with E-state index in [1.54, 1.807) is 79.1 Å². The van der Waals surface area contributed by atoms with E-state index in [1.807, 2.05) is 71.5 Å². The van der Waals surface area contributed by atoms with Gasteiger partial charge in [0.15, 0.2) is 0 Å². The van der Waals surface area contributed by atoms with E-state index >= 15 is 0 Å². The Hall–Kier alpha value is -11.7. The first-order chi connectivity index (χ1) is 67.9. The molecular weight excluding hydrogens is 1990 g/mol. The predicted molar refractivity (Wildman–Crippen MR) is 565 cm³/mol. The van der Waals surface area contributed by atoms with Gasteiger partial charge in [0.2, 0.25) is 5.91 Å². The molecule has 16 rings (SSSR count). The van der Waals surface area contributed by atoms with Crippen molar-refractivity contribution < 1.29 is 56.9 Å². The van der Waals surface area contributed by atoms with Crippen molar-refractivity contribution in [1.82, 2.24) is 55.5 Å². The van der Waals surface area contributed by atoms with E-state index in [4.69, 9.17) is 142 Å². The van der Waals surface area contributed by atoms with Crippen molar-refractivity contribution in [2.45, 2.75) is 101 Å². The van der Waals surface area contributed by atoms with Gasteiger partial charge in [0, 0.05) is 192 Å². The van der Waals surface area contributed by atoms with E-state index in [-0.39, 0.29) is 51.4 Å². The first kappa shape index (κ1) is 108. The smallest absolute Gasteiger partial charge is 0.281 e. The molecule has 40 heteroatoms. The number of methoxy groups -OCH3 is 8. The number of carbonyl (C=O) groups excluding carboxylic acids is 1. The maximum atomic E-state index is 13.5. The number of hydrogen-bond acceptors (Lipinski definition) is 24. The molecule has 1 amide bonds. The average molecular weight is 2110 g/mol. The summed E-state index contributed by atoms with van der Waals surface area (Å²) in [4.78, 5) is 47.6. The molecule has 142 heavy (non-hydrogen) atoms. The van der Waals surface area contributed by atoms with Crippen LogP contribution in [-0.2, 0) is 56.2 Å². The van der Waals surface area contributed by atoms with Crippen molar-refractivity contribution in [1.29, 1.82) is 0 Å². The molecule has 4 atom stereocenters. The summed E-state index contributed by atoms with van der Waals surface area (Å²) in [6.45, 7) is 8.86. The Morgan fingerprint density at radius 2 is 0.662 bits per heavy atom. The molecule has 4 aliphatic carbocycles. The molecule has 0 saturated heterocycles. The number of H-pyrrole nitrogens is 4. The summed E-state index contributed by atoms with van der Waals surface area (Å²) in [5.74, 6) is 3.32. The molecule has 7 N–H and O–H groups in total. The number of carbonyl (C=O) groups is 1. The molecule has 12 aromatic rings. The molecule has 0 saturated carbocycles. The van der Waals surface area contributed by atoms with Gasteiger partial charge in [-0.25, -0.2) is 4.39 Å². The number of ether oxygens (including phenoxy) is 8. The predicted octanol–water partition coefficient (Wildman–Crippen LogP) is 22.3. The number of nitro benzene ring substituents is 2. The molecule has 4 unspecified atom stereocenters. The van der Waals surface area contributed by atoms with Crippen LogP contribution in [0, 0.1) is 26.0 Å². The number of benzene rings is 8. The molecule has 0 fully saturated rings. The molecule has 756 valence electrons. The largest absolute Gasteiger partial charge is 0.495 e. The lowest BCUT2D eigenvalue weighted by Crippen LogP contribution is -2.28. The van der Waals surface area contributed by atoms with E-state index in [1.165, 1.54) is 38.0 Å². The highest BCUT2D eigenvalue weighted by atomic mass is 35.5. The van der Waals surface area contributed by atoms with Crippen LogP contribution in [0.1, 0.15) is 117 Å². The van der Waals surface area contributed by atoms with Crippen molar-refractivity contribution >= 4 is 139 Å². The molecule has 0 bridgehead atoms. The van der Waals surface area contributed by atoms with Gasteiger partial charge in [-0.2, -0.15) is 20.4 Å². The average Bonchev–Trinajstić information content (AvgIpc) is 1.54. The highest BCUT2D eigenvalue weighted by molar-refractivity contribution is 6.40. The van der Waals surface area contributed by atoms with Gasteiger partial charge in [-0.1, -0.05) is 99.4 Å². The Kier molecular flexibility index (Phi) is 36.1. The van der Waals surface area contributed by atoms with E-state index < -0.39 is 10.7 Å². The van der Waals surface area contributed by atoms with Gasteiger partial charge < -0.3 is 78.3 Å². The Bertz CT molecular complexity index is 6520. The molecule has 4 aromatic heterocycles. The number of aromatic amines is 4. The zero-order valence-electron chi connectivity index (χ0n) is 82.2. The third-order valence-corrected chi connectivity index (χ3v) is 29.6. The minimum Gasteiger partial charge on any atom is -0.495 e. The molecule has 31 nitrogen and oxygen atoms in total. The fourth-order valence-electron chi connectivity index (χ4n) is 18.6. The summed E-state index contributed by atoms with van der Waals surface area (Å²) in [5, 5.41) is 61.1. The molecule has 0 aliphatic heterocycles. The zero-order valence-corrected chi connectivity index (χ0v) is 88.3. The van der Waals surface area contributed by atoms with Crippen LogP contribution in [0.15, 0.2) is 110 Å². The Morgan fingerprint density at radius 1 is 0.401 bits per heavy atom. The van der Waals surface area contributed by atoms with E-state index in [9.17, 15) is 29.4 Å². The fraction of sp³-hybridized carbons (Fsp3) is 0.382. The second-order valence-corrected chi connectivity index (χ2v) is 38.9. The third kappa shape index (κ3) is 23.5. The number of nitrogen functional groups attached to an aromatic ring is 1. The number of rotatable bonds is 32. The van der Waals surface area contributed by atoms with Gasteiger partial charge in [0.25, 0.3) is 11.4 Å². The number of fused-ring (bicyclic) bond motifs is 4. The number of anilines is 5. The lowest BCUT2D eigenvalue weighted by molar-refractivity contribution is -0.384. The lowest BCUT2D eigenvalue weighted by atomic mass is 9.81. The van der Waals surface area contributed by atoms with Crippen molar-refractivity contribution in [3.8, 4) is 91.0 Å². The summed E-state index contributed by atoms with van der Waals surface area (Å²) >= 11 is 53.3. The number of aromatic nitrogens is 8. The van der Waals surface area contributed by atoms with Crippen molar-refractivity contribution in [3.05, 3.63) is 243 Å². The highest BCUT2D eigenvalue weighted by Gasteiger charge is 2.38. The lowest BCUT2D eigenvalue weighted by Gasteiger charge is -2.26. The Balaban J connectivity index is 0.000000160. The van der Waals surface area contributed by atoms with Gasteiger partial charge in [-0.15, -0.1) is 0 Å². The monoisotopic (exact) mass is 2100 g/mol. The number of amides is 1. The maximum Gasteiger partial charge on any atom is 0.281 e. The minimum atomic E-state index is -0.670. The summed E-state index contributed by atoms with van der Waals surface area (Å²) in [7, 11) is 30.8. The second kappa shape index (κ2) is 47.7. The minimum absolute atomic E-state index is 0.00695. The topological polar surface area (TPSA) is 349 Å². The molecule has 4 aliphatic rings. The van der Waals surface area contributed by atoms with Crippen molar-refractivity contribution in [3.63, 3.8) is 0 Å². The van der Waals surface area contributed by atoms with Gasteiger partial charge in [0.1, 0.15) is 63.2 Å². The molecular formula is C102H117Cl8FN18O13. The van der Waals surface area contributed by atoms with Crippen LogP contribution in [-0.4, -0.2) is 231 Å². The van der Waals surface area contributed by atoms with Gasteiger partial charge in [0.05, 0.1) is 141 Å². The zero-order chi connectivity index (χ0) is 103. The van der Waals surface area contributed by atoms with Crippen molar-refractivity contribution in [2.24, 2.45) is 0 Å². The summed E-state index contributed by atoms with van der Waals surface area (Å²) in [6, 6.07) is 27.8. The quantitative estimate of drug-likeness (QED) is 0.00987. The number of likely N-dealkylation sites (N-methyl/N-ethyl adjacent to an activating group) is 6. The number of hydrogen-bond donors (Lipinski definition) is 6. The fourth-order valence-corrected chi connectivity index (χ4v) is 21.9. The van der Waals surface area contributed by atoms with E-state index in [0.717, 1.165) is 191 Å². The van der Waals surface area contributed by atoms with Crippen LogP contribution < -0.4 is 63.6 Å². The normalized spacial score (nSPS) is 15.0. The first-order valence-electron chi connectivity index (χ1n) is 45.9. The molecule has 4 heterocycles. The number of nitrogens with zero attached hydrogens (tertiary/aromatic N) is 12. The number of nitro groups is 2. The Morgan fingerprint density at radius 3 is 0.944 bits per heavy atom. The second-order valence-electron chi connectivity index (χ2n) is 35.9. The number of halogens is 9. The van der Waals surface area contributed by atoms with E-state index in [0.29, 0.717) is 147 Å². The number of nitrogens with two attached hydrogens (primary N) is 1. The van der Waals surface area contributed by atoms with Gasteiger partial charge in [-0.05, 0) is 210 Å². The number of nitrogens with one attached hydrogen (secondary N) is 5. The standard InChI is InChI=1S/C29H35Cl2N5O3.C26H31Cl2N5O4.C26H33Cl2N5O2.C21H18Cl2FN3O4/c1-7-25(37)32-21-15-18(36(4)13-12-35(2)3)9-11-19(21)29-20-10-8-17(14-22(20)33-34-29)26-27(30)23(38-5)16-24(39-6)28(26)31;1-31(2)10-11-32(3)16-7-9-18(20(13-16)33(34)35)26-17-8-6-15(12-19(17)29-30-26)23-24(27)21(36-4)14-22(37-5)25(23)28;1-32(2)10-11-33(3)16-7-9-17(19(29)13-16)26-18-8-6-15(12-20(18)30-31-26)23-24(27)21(34-4)14-22(35-5)25(23)28;1-30-16-9-17(31-2)20(23)18(19(16)22)10-3-5-12-14(7-10)25-26-21(12)13-6-4-11(24)8-15(13)27(28)29/h7,9,11,15-17H,1,8,10,12-14H2,2-6H3,(H,32,37)(H,33,34);7,9,13-15H,6,8,10-12H2,1-5H3,(H,29,30);7,9,13-15H,6,8,10-12,29H2,1-5H3,(H,30,31);4,6,8-10H,3,5,7H2,1-2H3,(H,25,26).